The number of hydrogen-bond acceptors (Lipinski definition) is 3. The van der Waals surface area contributed by atoms with Gasteiger partial charge in [0.2, 0.25) is 0 Å². The number of nitrogens with one attached hydrogen (secondary N) is 2. The number of halogens is 3. The van der Waals surface area contributed by atoms with Crippen LogP contribution in [0.15, 0.2) is 42.5 Å². The van der Waals surface area contributed by atoms with Gasteiger partial charge in [-0.15, -0.1) is 0 Å². The van der Waals surface area contributed by atoms with Crippen LogP contribution in [0.3, 0.4) is 0 Å². The largest absolute Gasteiger partial charge is 0.483 e. The highest BCUT2D eigenvalue weighted by molar-refractivity contribution is 5.95. The van der Waals surface area contributed by atoms with Crippen LogP contribution in [-0.4, -0.2) is 24.6 Å². The van der Waals surface area contributed by atoms with Crippen LogP contribution in [0.25, 0.3) is 0 Å². The first kappa shape index (κ1) is 19.3. The van der Waals surface area contributed by atoms with E-state index in [-0.39, 0.29) is 12.3 Å². The zero-order chi connectivity index (χ0) is 19.3. The molecular weight excluding hydrogens is 349 g/mol. The van der Waals surface area contributed by atoms with Crippen molar-refractivity contribution in [3.05, 3.63) is 53.6 Å². The van der Waals surface area contributed by atoms with Gasteiger partial charge in [-0.3, -0.25) is 9.59 Å². The molecule has 2 amide bonds. The topological polar surface area (TPSA) is 67.4 Å². The number of hydrogen-bond donors (Lipinski definition) is 2. The summed E-state index contributed by atoms with van der Waals surface area (Å²) in [6, 6.07) is 10.8. The maximum atomic E-state index is 12.2. The Balaban J connectivity index is 1.89. The van der Waals surface area contributed by atoms with Crippen LogP contribution in [0, 0.1) is 13.8 Å². The molecule has 0 atom stereocenters. The van der Waals surface area contributed by atoms with E-state index >= 15 is 0 Å². The molecule has 2 rings (SSSR count). The van der Waals surface area contributed by atoms with Crippen molar-refractivity contribution < 1.29 is 27.5 Å². The number of amides is 2. The maximum absolute atomic E-state index is 12.2. The van der Waals surface area contributed by atoms with Crippen molar-refractivity contribution >= 4 is 23.2 Å². The summed E-state index contributed by atoms with van der Waals surface area (Å²) in [5.41, 5.74) is 2.31. The molecule has 0 aliphatic rings. The van der Waals surface area contributed by atoms with Gasteiger partial charge in [-0.25, -0.2) is 0 Å². The summed E-state index contributed by atoms with van der Waals surface area (Å²) in [6.07, 6.45) is -4.96. The van der Waals surface area contributed by atoms with Gasteiger partial charge < -0.3 is 15.4 Å². The Bertz CT molecular complexity index is 802. The van der Waals surface area contributed by atoms with Gasteiger partial charge in [0, 0.05) is 11.4 Å². The number of benzene rings is 2. The Morgan fingerprint density at radius 3 is 2.12 bits per heavy atom. The summed E-state index contributed by atoms with van der Waals surface area (Å²) >= 11 is 0. The molecule has 0 heterocycles. The molecule has 0 spiro atoms. The molecular formula is C18H17F3N2O3. The van der Waals surface area contributed by atoms with Gasteiger partial charge >= 0.3 is 12.1 Å². The molecule has 0 bridgehead atoms. The second kappa shape index (κ2) is 7.90. The Hall–Kier alpha value is -3.03. The van der Waals surface area contributed by atoms with Gasteiger partial charge in [0.25, 0.3) is 5.91 Å². The molecule has 2 aromatic rings. The number of ether oxygens (including phenoxy) is 1. The van der Waals surface area contributed by atoms with Gasteiger partial charge in [-0.1, -0.05) is 12.1 Å². The van der Waals surface area contributed by atoms with Crippen LogP contribution in [-0.2, 0) is 9.59 Å². The van der Waals surface area contributed by atoms with Gasteiger partial charge in [0.1, 0.15) is 5.75 Å². The first-order valence-corrected chi connectivity index (χ1v) is 7.64. The minimum Gasteiger partial charge on any atom is -0.483 e. The van der Waals surface area contributed by atoms with Gasteiger partial charge in [-0.2, -0.15) is 13.2 Å². The van der Waals surface area contributed by atoms with E-state index in [0.717, 1.165) is 11.1 Å². The third-order valence-corrected chi connectivity index (χ3v) is 3.60. The van der Waals surface area contributed by atoms with Crippen LogP contribution in [0.1, 0.15) is 11.1 Å². The lowest BCUT2D eigenvalue weighted by molar-refractivity contribution is -0.167. The molecule has 0 unspecified atom stereocenters. The molecule has 8 heteroatoms. The number of carbonyl (C=O) groups is 2. The monoisotopic (exact) mass is 366 g/mol. The molecule has 0 aliphatic carbocycles. The number of aryl methyl sites for hydroxylation is 1. The fourth-order valence-electron chi connectivity index (χ4n) is 2.06. The van der Waals surface area contributed by atoms with Crippen molar-refractivity contribution in [3.63, 3.8) is 0 Å². The zero-order valence-electron chi connectivity index (χ0n) is 14.1. The van der Waals surface area contributed by atoms with E-state index in [9.17, 15) is 22.8 Å². The maximum Gasteiger partial charge on any atom is 0.471 e. The summed E-state index contributed by atoms with van der Waals surface area (Å²) in [7, 11) is 0. The van der Waals surface area contributed by atoms with E-state index in [4.69, 9.17) is 4.74 Å². The fourth-order valence-corrected chi connectivity index (χ4v) is 2.06. The number of rotatable bonds is 5. The summed E-state index contributed by atoms with van der Waals surface area (Å²) in [5.74, 6) is -1.88. The summed E-state index contributed by atoms with van der Waals surface area (Å²) < 4.78 is 42.0. The SMILES string of the molecule is Cc1cccc(OCC(=O)Nc2ccc(NC(=O)C(F)(F)F)cc2)c1C. The lowest BCUT2D eigenvalue weighted by Gasteiger charge is -2.11. The molecule has 2 N–H and O–H groups in total. The first-order valence-electron chi connectivity index (χ1n) is 7.64. The van der Waals surface area contributed by atoms with Crippen LogP contribution in [0.5, 0.6) is 5.75 Å². The summed E-state index contributed by atoms with van der Waals surface area (Å²) in [6.45, 7) is 3.61. The predicted octanol–water partition coefficient (Wildman–Crippen LogP) is 3.82. The van der Waals surface area contributed by atoms with Crippen molar-refractivity contribution in [2.75, 3.05) is 17.2 Å². The van der Waals surface area contributed by atoms with Gasteiger partial charge in [-0.05, 0) is 55.3 Å². The molecule has 0 saturated carbocycles. The Kier molecular flexibility index (Phi) is 5.86. The van der Waals surface area contributed by atoms with E-state index in [1.807, 2.05) is 26.0 Å². The molecule has 0 saturated heterocycles. The second-order valence-electron chi connectivity index (χ2n) is 5.56. The second-order valence-corrected chi connectivity index (χ2v) is 5.56. The highest BCUT2D eigenvalue weighted by Crippen LogP contribution is 2.21. The lowest BCUT2D eigenvalue weighted by atomic mass is 10.1. The molecule has 2 aromatic carbocycles. The lowest BCUT2D eigenvalue weighted by Crippen LogP contribution is -2.29. The van der Waals surface area contributed by atoms with E-state index in [1.165, 1.54) is 24.3 Å². The molecule has 0 aliphatic heterocycles. The fraction of sp³-hybridized carbons (Fsp3) is 0.222. The minimum absolute atomic E-state index is 0.0306. The van der Waals surface area contributed by atoms with Crippen molar-refractivity contribution in [2.45, 2.75) is 20.0 Å². The standard InChI is InChI=1S/C18H17F3N2O3/c1-11-4-3-5-15(12(11)2)26-10-16(24)22-13-6-8-14(9-7-13)23-17(25)18(19,20)21/h3-9H,10H2,1-2H3,(H,22,24)(H,23,25). The quantitative estimate of drug-likeness (QED) is 0.845. The highest BCUT2D eigenvalue weighted by Gasteiger charge is 2.38. The summed E-state index contributed by atoms with van der Waals surface area (Å²) in [4.78, 5) is 22.8. The molecule has 138 valence electrons. The average molecular weight is 366 g/mol. The Labute approximate surface area is 148 Å². The van der Waals surface area contributed by atoms with Gasteiger partial charge in [0.05, 0.1) is 0 Å². The van der Waals surface area contributed by atoms with E-state index in [1.54, 1.807) is 11.4 Å². The van der Waals surface area contributed by atoms with Crippen LogP contribution < -0.4 is 15.4 Å². The zero-order valence-corrected chi connectivity index (χ0v) is 14.1. The third kappa shape index (κ3) is 5.23. The van der Waals surface area contributed by atoms with Crippen LogP contribution in [0.4, 0.5) is 24.5 Å². The molecule has 0 fully saturated rings. The molecule has 5 nitrogen and oxygen atoms in total. The van der Waals surface area contributed by atoms with Gasteiger partial charge in [0.15, 0.2) is 6.61 Å². The van der Waals surface area contributed by atoms with E-state index in [0.29, 0.717) is 11.4 Å². The first-order chi connectivity index (χ1) is 12.2. The van der Waals surface area contributed by atoms with E-state index in [2.05, 4.69) is 5.32 Å². The minimum atomic E-state index is -4.96. The number of anilines is 2. The Morgan fingerprint density at radius 2 is 1.54 bits per heavy atom. The van der Waals surface area contributed by atoms with Crippen LogP contribution in [0.2, 0.25) is 0 Å². The molecule has 0 aromatic heterocycles. The van der Waals surface area contributed by atoms with Crippen LogP contribution >= 0.6 is 0 Å². The van der Waals surface area contributed by atoms with E-state index < -0.39 is 18.0 Å². The molecule has 0 radical (unpaired) electrons. The number of alkyl halides is 3. The van der Waals surface area contributed by atoms with Crippen molar-refractivity contribution in [1.29, 1.82) is 0 Å². The third-order valence-electron chi connectivity index (χ3n) is 3.60. The smallest absolute Gasteiger partial charge is 0.471 e. The normalized spacial score (nSPS) is 11.0. The average Bonchev–Trinajstić information content (AvgIpc) is 2.57. The van der Waals surface area contributed by atoms with Crippen molar-refractivity contribution in [1.82, 2.24) is 0 Å². The Morgan fingerprint density at radius 1 is 0.962 bits per heavy atom. The molecule has 26 heavy (non-hydrogen) atoms. The predicted molar refractivity (Wildman–Crippen MR) is 91.2 cm³/mol. The summed E-state index contributed by atoms with van der Waals surface area (Å²) in [5, 5.41) is 4.28. The highest BCUT2D eigenvalue weighted by atomic mass is 19.4. The van der Waals surface area contributed by atoms with Crippen molar-refractivity contribution in [2.24, 2.45) is 0 Å². The number of carbonyl (C=O) groups excluding carboxylic acids is 2. The van der Waals surface area contributed by atoms with Crippen molar-refractivity contribution in [3.8, 4) is 5.75 Å².